The van der Waals surface area contributed by atoms with Crippen LogP contribution in [-0.4, -0.2) is 62.2 Å². The Morgan fingerprint density at radius 2 is 0.849 bits per heavy atom. The Hall–Kier alpha value is -5.18. The Bertz CT molecular complexity index is 2230. The molecule has 18 heteroatoms. The standard InChI is InChI=1S/C30H44N4O4.C22H22N2.C3H7.Cu.F5P.FH/c1-21(2)27(35)37-19-29(5,6)33-15-23-11-9-13-25(31-23)17-34(18-26-14-10-12-24(16-33)32-26)30(7,8)20-38-28(36)22(3)4;1-18-23(16-19-10-4-2-5-11-19)21-14-8-9-15-22(21)24(18)17-20-12-6-3-7-13-20;1-3-2;;1-6(2,3,4)5;/h9-14,21-22H,15-20H2,1-8H3;2-15,18H,16-17H2,1H3;3H,1-2H3;;;1H/q;;2*+1;;/p-1. The van der Waals surface area contributed by atoms with E-state index in [1.807, 2.05) is 84.4 Å². The smallest absolute Gasteiger partial charge is 1.00 e. The van der Waals surface area contributed by atoms with Crippen molar-refractivity contribution in [1.82, 2.24) is 19.8 Å². The van der Waals surface area contributed by atoms with Crippen molar-refractivity contribution in [3.63, 3.8) is 0 Å². The van der Waals surface area contributed by atoms with Gasteiger partial charge in [0, 0.05) is 39.3 Å². The van der Waals surface area contributed by atoms with Crippen molar-refractivity contribution in [2.45, 2.75) is 133 Å². The van der Waals surface area contributed by atoms with Crippen molar-refractivity contribution < 1.29 is 61.8 Å². The van der Waals surface area contributed by atoms with E-state index in [0.717, 1.165) is 35.9 Å². The van der Waals surface area contributed by atoms with E-state index in [1.54, 1.807) is 0 Å². The quantitative estimate of drug-likeness (QED) is 0.0395. The van der Waals surface area contributed by atoms with Gasteiger partial charge in [-0.25, -0.2) is 0 Å². The fraction of sp³-hybridized carbons (Fsp3) is 0.436. The zero-order valence-electron chi connectivity index (χ0n) is 43.8. The molecule has 0 amide bonds. The number of ether oxygens (including phenoxy) is 2. The second kappa shape index (κ2) is 28.5. The maximum atomic E-state index is 12.2. The first-order valence-corrected chi connectivity index (χ1v) is 25.7. The number of rotatable bonds is 12. The van der Waals surface area contributed by atoms with Gasteiger partial charge in [-0.2, -0.15) is 0 Å². The molecule has 0 spiro atoms. The normalized spacial score (nSPS) is 14.5. The first-order chi connectivity index (χ1) is 33.2. The Balaban J connectivity index is 0.000000443. The minimum Gasteiger partial charge on any atom is -1.00 e. The molecule has 0 radical (unpaired) electrons. The van der Waals surface area contributed by atoms with Gasteiger partial charge in [0.1, 0.15) is 13.2 Å². The summed E-state index contributed by atoms with van der Waals surface area (Å²) in [7, 11) is -8.55. The first-order valence-electron chi connectivity index (χ1n) is 24.0. The largest absolute Gasteiger partial charge is 1.00 e. The topological polar surface area (TPSA) is 91.3 Å². The Morgan fingerprint density at radius 1 is 0.575 bits per heavy atom. The molecule has 73 heavy (non-hydrogen) atoms. The minimum atomic E-state index is -8.55. The second-order valence-corrected chi connectivity index (χ2v) is 20.9. The number of halogens is 6. The molecule has 3 aromatic carbocycles. The summed E-state index contributed by atoms with van der Waals surface area (Å²) in [6.45, 7) is 26.8. The van der Waals surface area contributed by atoms with Crippen LogP contribution < -0.4 is 14.5 Å². The van der Waals surface area contributed by atoms with Crippen molar-refractivity contribution in [3.8, 4) is 0 Å². The van der Waals surface area contributed by atoms with Crippen LogP contribution in [0.25, 0.3) is 0 Å². The van der Waals surface area contributed by atoms with Gasteiger partial charge in [0.05, 0.1) is 83.5 Å². The molecule has 7 rings (SSSR count). The summed E-state index contributed by atoms with van der Waals surface area (Å²) in [6, 6.07) is 42.4. The van der Waals surface area contributed by atoms with Crippen LogP contribution in [0.4, 0.5) is 32.4 Å². The zero-order chi connectivity index (χ0) is 52.6. The summed E-state index contributed by atoms with van der Waals surface area (Å²) in [5.41, 5.74) is 8.23. The maximum Gasteiger partial charge on any atom is 1.00 e. The van der Waals surface area contributed by atoms with Gasteiger partial charge in [-0.05, 0) is 82.1 Å². The van der Waals surface area contributed by atoms with E-state index in [1.165, 1.54) is 22.5 Å². The van der Waals surface area contributed by atoms with E-state index in [4.69, 9.17) is 19.4 Å². The third-order valence-electron chi connectivity index (χ3n) is 11.7. The van der Waals surface area contributed by atoms with E-state index in [-0.39, 0.29) is 58.8 Å². The van der Waals surface area contributed by atoms with E-state index in [0.29, 0.717) is 32.3 Å². The van der Waals surface area contributed by atoms with E-state index in [2.05, 4.69) is 139 Å². The predicted octanol–water partition coefficient (Wildman–Crippen LogP) is 11.0. The van der Waals surface area contributed by atoms with Gasteiger partial charge in [-0.1, -0.05) is 113 Å². The average molecular weight is 1090 g/mol. The van der Waals surface area contributed by atoms with Crippen molar-refractivity contribution >= 4 is 31.5 Å². The summed E-state index contributed by atoms with van der Waals surface area (Å²) in [4.78, 5) is 43.9. The SMILES string of the molecule is CC(C)C(=O)OCC(C)(C)N1Cc2cccc(n2)CN(C(C)(C)COC(=O)C(C)C)Cc2cccc(n2)C1.CC1N(Cc2ccccc2)c2ccccc2N1Cc1ccccc1.C[CH+]C.FP(F)(F)(F)F.[Cu+].[F-]. The number of nitrogens with zero attached hydrogens (tertiary/aromatic N) is 6. The zero-order valence-corrected chi connectivity index (χ0v) is 45.7. The average Bonchev–Trinajstić information content (AvgIpc) is 3.55. The fourth-order valence-corrected chi connectivity index (χ4v) is 7.69. The monoisotopic (exact) mass is 1090 g/mol. The van der Waals surface area contributed by atoms with Crippen LogP contribution in [0.1, 0.15) is 110 Å². The molecule has 404 valence electrons. The molecular formula is C55H73CuF6N6O4P+. The number of carbonyl (C=O) groups excluding carboxylic acids is 2. The summed E-state index contributed by atoms with van der Waals surface area (Å²) in [5.74, 6) is -0.742. The van der Waals surface area contributed by atoms with Gasteiger partial charge in [0.25, 0.3) is 0 Å². The molecule has 2 aliphatic heterocycles. The van der Waals surface area contributed by atoms with Crippen LogP contribution in [0.3, 0.4) is 0 Å². The maximum absolute atomic E-state index is 12.2. The number of esters is 2. The second-order valence-electron chi connectivity index (χ2n) is 19.7. The van der Waals surface area contributed by atoms with Crippen molar-refractivity contribution in [2.75, 3.05) is 23.0 Å². The van der Waals surface area contributed by atoms with Crippen molar-refractivity contribution in [2.24, 2.45) is 11.8 Å². The number of aromatic nitrogens is 2. The van der Waals surface area contributed by atoms with Crippen LogP contribution in [0.5, 0.6) is 0 Å². The molecule has 5 aromatic rings. The third kappa shape index (κ3) is 21.7. The van der Waals surface area contributed by atoms with Gasteiger partial charge in [-0.3, -0.25) is 29.4 Å². The summed E-state index contributed by atoms with van der Waals surface area (Å²) in [6.07, 6.45) is 2.34. The van der Waals surface area contributed by atoms with Crippen molar-refractivity contribution in [1.29, 1.82) is 0 Å². The molecule has 4 bridgehead atoms. The molecule has 0 saturated heterocycles. The summed E-state index contributed by atoms with van der Waals surface area (Å²) < 4.78 is 60.5. The molecule has 10 nitrogen and oxygen atoms in total. The summed E-state index contributed by atoms with van der Waals surface area (Å²) >= 11 is 0. The number of carbonyl (C=O) groups is 2. The number of fused-ring (bicyclic) bond motifs is 5. The molecule has 2 aromatic heterocycles. The van der Waals surface area contributed by atoms with Crippen LogP contribution >= 0.6 is 8.16 Å². The van der Waals surface area contributed by atoms with E-state index in [9.17, 15) is 30.6 Å². The number of anilines is 2. The van der Waals surface area contributed by atoms with Crippen LogP contribution in [0.2, 0.25) is 0 Å². The van der Waals surface area contributed by atoms with E-state index < -0.39 is 19.2 Å². The number of hydrogen-bond acceptors (Lipinski definition) is 10. The number of para-hydroxylation sites is 2. The van der Waals surface area contributed by atoms with Crippen LogP contribution in [0.15, 0.2) is 121 Å². The molecule has 0 fully saturated rings. The molecular weight excluding hydrogens is 1020 g/mol. The number of hydrogen-bond donors (Lipinski definition) is 0. The van der Waals surface area contributed by atoms with Gasteiger partial charge in [0.15, 0.2) is 0 Å². The Labute approximate surface area is 440 Å². The van der Waals surface area contributed by atoms with Gasteiger partial charge < -0.3 is 24.0 Å². The Kier molecular flexibility index (Phi) is 24.9. The fourth-order valence-electron chi connectivity index (χ4n) is 7.69. The van der Waals surface area contributed by atoms with Gasteiger partial charge in [0.2, 0.25) is 0 Å². The van der Waals surface area contributed by atoms with E-state index >= 15 is 0 Å². The predicted molar refractivity (Wildman–Crippen MR) is 276 cm³/mol. The summed E-state index contributed by atoms with van der Waals surface area (Å²) in [5, 5.41) is 0. The molecule has 0 atom stereocenters. The first kappa shape index (κ1) is 63.9. The number of benzene rings is 3. The molecule has 0 aliphatic carbocycles. The molecule has 0 saturated carbocycles. The molecule has 2 aliphatic rings. The molecule has 0 unspecified atom stereocenters. The molecule has 4 heterocycles. The van der Waals surface area contributed by atoms with Gasteiger partial charge in [-0.15, -0.1) is 0 Å². The van der Waals surface area contributed by atoms with Crippen LogP contribution in [0, 0.1) is 18.3 Å². The van der Waals surface area contributed by atoms with Gasteiger partial charge >= 0.3 is 58.1 Å². The molecule has 0 N–H and O–H groups in total. The minimum absolute atomic E-state index is 0. The third-order valence-corrected chi connectivity index (χ3v) is 11.7. The van der Waals surface area contributed by atoms with Crippen molar-refractivity contribution in [3.05, 3.63) is 162 Å². The Morgan fingerprint density at radius 3 is 1.12 bits per heavy atom. The number of pyridine rings is 2. The van der Waals surface area contributed by atoms with Crippen LogP contribution in [-0.2, 0) is 75.4 Å².